The summed E-state index contributed by atoms with van der Waals surface area (Å²) >= 11 is 0. The Bertz CT molecular complexity index is 671. The largest absolute Gasteiger partial charge is 0.497 e. The second kappa shape index (κ2) is 6.26. The maximum absolute atomic E-state index is 14.0. The molecule has 0 aliphatic rings. The number of rotatable bonds is 5. The average molecular weight is 289 g/mol. The number of carbonyl (C=O) groups excluding carboxylic acids is 1. The molecule has 2 N–H and O–H groups in total. The Kier molecular flexibility index (Phi) is 4.42. The molecule has 21 heavy (non-hydrogen) atoms. The summed E-state index contributed by atoms with van der Waals surface area (Å²) in [6.45, 7) is 0. The molecule has 0 heterocycles. The van der Waals surface area contributed by atoms with E-state index >= 15 is 0 Å². The van der Waals surface area contributed by atoms with Crippen LogP contribution in [0, 0.1) is 5.82 Å². The Balaban J connectivity index is 2.26. The van der Waals surface area contributed by atoms with Crippen LogP contribution < -0.4 is 15.2 Å². The van der Waals surface area contributed by atoms with Gasteiger partial charge in [0.25, 0.3) is 0 Å². The van der Waals surface area contributed by atoms with Crippen LogP contribution in [0.4, 0.5) is 10.1 Å². The van der Waals surface area contributed by atoms with Gasteiger partial charge in [-0.15, -0.1) is 0 Å². The molecule has 2 rings (SSSR count). The predicted octanol–water partition coefficient (Wildman–Crippen LogP) is 2.85. The van der Waals surface area contributed by atoms with Gasteiger partial charge in [-0.25, -0.2) is 4.39 Å². The monoisotopic (exact) mass is 289 g/mol. The van der Waals surface area contributed by atoms with Crippen LogP contribution in [0.15, 0.2) is 36.4 Å². The minimum absolute atomic E-state index is 0.0838. The van der Waals surface area contributed by atoms with Gasteiger partial charge in [-0.05, 0) is 23.8 Å². The number of nitrogens with two attached hydrogens (primary N) is 1. The molecule has 0 saturated carbocycles. The fourth-order valence-electron chi connectivity index (χ4n) is 2.04. The van der Waals surface area contributed by atoms with E-state index in [1.54, 1.807) is 30.3 Å². The third-order valence-electron chi connectivity index (χ3n) is 3.17. The van der Waals surface area contributed by atoms with Gasteiger partial charge in [0.1, 0.15) is 5.75 Å². The topological polar surface area (TPSA) is 61.5 Å². The van der Waals surface area contributed by atoms with E-state index in [1.165, 1.54) is 20.3 Å². The van der Waals surface area contributed by atoms with E-state index in [4.69, 9.17) is 15.2 Å². The molecule has 0 radical (unpaired) electrons. The predicted molar refractivity (Wildman–Crippen MR) is 78.4 cm³/mol. The summed E-state index contributed by atoms with van der Waals surface area (Å²) in [6.07, 6.45) is -0.0838. The van der Waals surface area contributed by atoms with Crippen LogP contribution in [0.25, 0.3) is 0 Å². The van der Waals surface area contributed by atoms with E-state index in [9.17, 15) is 9.18 Å². The first-order valence-corrected chi connectivity index (χ1v) is 6.35. The number of ketones is 1. The van der Waals surface area contributed by atoms with Crippen molar-refractivity contribution < 1.29 is 18.7 Å². The number of hydrogen-bond acceptors (Lipinski definition) is 4. The van der Waals surface area contributed by atoms with Crippen molar-refractivity contribution in [3.63, 3.8) is 0 Å². The van der Waals surface area contributed by atoms with Crippen molar-refractivity contribution in [2.45, 2.75) is 6.42 Å². The van der Waals surface area contributed by atoms with Crippen LogP contribution in [0.5, 0.6) is 11.5 Å². The molecule has 0 aromatic heterocycles. The highest BCUT2D eigenvalue weighted by Gasteiger charge is 2.15. The van der Waals surface area contributed by atoms with Crippen LogP contribution in [0.2, 0.25) is 0 Å². The molecule has 0 atom stereocenters. The van der Waals surface area contributed by atoms with Gasteiger partial charge < -0.3 is 15.2 Å². The third-order valence-corrected chi connectivity index (χ3v) is 3.17. The molecule has 0 amide bonds. The Morgan fingerprint density at radius 2 is 1.95 bits per heavy atom. The molecule has 110 valence electrons. The van der Waals surface area contributed by atoms with E-state index in [0.717, 1.165) is 0 Å². The second-order valence-corrected chi connectivity index (χ2v) is 4.49. The molecule has 2 aromatic rings. The van der Waals surface area contributed by atoms with Gasteiger partial charge in [0.2, 0.25) is 0 Å². The van der Waals surface area contributed by atoms with E-state index in [0.29, 0.717) is 17.0 Å². The average Bonchev–Trinajstić information content (AvgIpc) is 2.49. The summed E-state index contributed by atoms with van der Waals surface area (Å²) in [7, 11) is 2.90. The lowest BCUT2D eigenvalue weighted by atomic mass is 10.0. The highest BCUT2D eigenvalue weighted by Crippen LogP contribution is 2.24. The number of nitrogen functional groups attached to an aromatic ring is 1. The van der Waals surface area contributed by atoms with Gasteiger partial charge in [0, 0.05) is 23.7 Å². The fourth-order valence-corrected chi connectivity index (χ4v) is 2.04. The molecule has 0 fully saturated rings. The maximum Gasteiger partial charge on any atom is 0.169 e. The highest BCUT2D eigenvalue weighted by atomic mass is 19.1. The van der Waals surface area contributed by atoms with Crippen molar-refractivity contribution in [3.8, 4) is 11.5 Å². The van der Waals surface area contributed by atoms with Crippen LogP contribution in [-0.2, 0) is 6.42 Å². The van der Waals surface area contributed by atoms with Gasteiger partial charge in [-0.3, -0.25) is 4.79 Å². The first kappa shape index (κ1) is 14.8. The zero-order valence-electron chi connectivity index (χ0n) is 11.9. The maximum atomic E-state index is 14.0. The Morgan fingerprint density at radius 1 is 1.19 bits per heavy atom. The molecule has 0 bridgehead atoms. The SMILES string of the molecule is COc1ccc(C(=O)Cc2cccc(OC)c2F)c(N)c1. The molecule has 4 nitrogen and oxygen atoms in total. The number of halogens is 1. The van der Waals surface area contributed by atoms with Crippen molar-refractivity contribution >= 4 is 11.5 Å². The first-order valence-electron chi connectivity index (χ1n) is 6.35. The molecule has 0 aliphatic carbocycles. The number of benzene rings is 2. The first-order chi connectivity index (χ1) is 10.1. The highest BCUT2D eigenvalue weighted by molar-refractivity contribution is 6.02. The fraction of sp³-hybridized carbons (Fsp3) is 0.188. The zero-order chi connectivity index (χ0) is 15.4. The van der Waals surface area contributed by atoms with Gasteiger partial charge in [0.15, 0.2) is 17.3 Å². The number of hydrogen-bond donors (Lipinski definition) is 1. The zero-order valence-corrected chi connectivity index (χ0v) is 11.9. The summed E-state index contributed by atoms with van der Waals surface area (Å²) in [5.74, 6) is -0.109. The molecule has 0 spiro atoms. The standard InChI is InChI=1S/C16H16FNO3/c1-20-11-6-7-12(13(18)9-11)14(19)8-10-4-3-5-15(21-2)16(10)17/h3-7,9H,8,18H2,1-2H3. The van der Waals surface area contributed by atoms with Gasteiger partial charge in [0.05, 0.1) is 14.2 Å². The summed E-state index contributed by atoms with van der Waals surface area (Å²) in [5, 5.41) is 0. The van der Waals surface area contributed by atoms with Crippen LogP contribution in [0.3, 0.4) is 0 Å². The van der Waals surface area contributed by atoms with Gasteiger partial charge in [-0.2, -0.15) is 0 Å². The molecule has 5 heteroatoms. The smallest absolute Gasteiger partial charge is 0.169 e. The molecule has 0 saturated heterocycles. The number of anilines is 1. The lowest BCUT2D eigenvalue weighted by Gasteiger charge is -2.09. The van der Waals surface area contributed by atoms with E-state index in [2.05, 4.69) is 0 Å². The molecule has 2 aromatic carbocycles. The third kappa shape index (κ3) is 3.13. The van der Waals surface area contributed by atoms with Crippen molar-refractivity contribution in [1.82, 2.24) is 0 Å². The van der Waals surface area contributed by atoms with Crippen molar-refractivity contribution in [2.75, 3.05) is 20.0 Å². The molecular weight excluding hydrogens is 273 g/mol. The summed E-state index contributed by atoms with van der Waals surface area (Å²) in [6, 6.07) is 9.48. The lowest BCUT2D eigenvalue weighted by molar-refractivity contribution is 0.0992. The number of carbonyl (C=O) groups is 1. The summed E-state index contributed by atoms with van der Waals surface area (Å²) in [5.41, 5.74) is 6.75. The molecular formula is C16H16FNO3. The summed E-state index contributed by atoms with van der Waals surface area (Å²) < 4.78 is 24.0. The molecule has 0 unspecified atom stereocenters. The Hall–Kier alpha value is -2.56. The van der Waals surface area contributed by atoms with Crippen LogP contribution in [0.1, 0.15) is 15.9 Å². The van der Waals surface area contributed by atoms with Gasteiger partial charge >= 0.3 is 0 Å². The van der Waals surface area contributed by atoms with Crippen molar-refractivity contribution in [2.24, 2.45) is 0 Å². The molecule has 0 aliphatic heterocycles. The van der Waals surface area contributed by atoms with E-state index in [-0.39, 0.29) is 23.5 Å². The van der Waals surface area contributed by atoms with Crippen LogP contribution in [-0.4, -0.2) is 20.0 Å². The number of methoxy groups -OCH3 is 2. The van der Waals surface area contributed by atoms with Crippen molar-refractivity contribution in [3.05, 3.63) is 53.3 Å². The number of Topliss-reactive ketones (excluding diaryl/α,β-unsaturated/α-hetero) is 1. The van der Waals surface area contributed by atoms with E-state index < -0.39 is 5.82 Å². The minimum atomic E-state index is -0.527. The Labute approximate surface area is 122 Å². The summed E-state index contributed by atoms with van der Waals surface area (Å²) in [4.78, 5) is 12.3. The van der Waals surface area contributed by atoms with E-state index in [1.807, 2.05) is 0 Å². The quantitative estimate of drug-likeness (QED) is 0.679. The normalized spacial score (nSPS) is 10.2. The van der Waals surface area contributed by atoms with Crippen molar-refractivity contribution in [1.29, 1.82) is 0 Å². The lowest BCUT2D eigenvalue weighted by Crippen LogP contribution is -2.09. The Morgan fingerprint density at radius 3 is 2.57 bits per heavy atom. The minimum Gasteiger partial charge on any atom is -0.497 e. The van der Waals surface area contributed by atoms with Gasteiger partial charge in [-0.1, -0.05) is 12.1 Å². The second-order valence-electron chi connectivity index (χ2n) is 4.49. The van der Waals surface area contributed by atoms with Crippen LogP contribution >= 0.6 is 0 Å². The number of ether oxygens (including phenoxy) is 2.